The van der Waals surface area contributed by atoms with Crippen LogP contribution in [0.3, 0.4) is 0 Å². The molecule has 34 heavy (non-hydrogen) atoms. The molecule has 1 heterocycles. The van der Waals surface area contributed by atoms with Crippen LogP contribution in [0.25, 0.3) is 11.8 Å². The van der Waals surface area contributed by atoms with Crippen LogP contribution >= 0.6 is 0 Å². The van der Waals surface area contributed by atoms with Gasteiger partial charge in [0.1, 0.15) is 5.76 Å². The summed E-state index contributed by atoms with van der Waals surface area (Å²) in [5.74, 6) is -3.60. The minimum atomic E-state index is -1.74. The van der Waals surface area contributed by atoms with Crippen LogP contribution in [0.2, 0.25) is 0 Å². The van der Waals surface area contributed by atoms with E-state index in [1.807, 2.05) is 101 Å². The second kappa shape index (κ2) is 12.0. The summed E-state index contributed by atoms with van der Waals surface area (Å²) in [5.41, 5.74) is 2.09. The molecule has 2 aromatic carbocycles. The maximum Gasteiger partial charge on any atom is 0.385 e. The van der Waals surface area contributed by atoms with Gasteiger partial charge < -0.3 is 23.7 Å². The molecule has 0 radical (unpaired) electrons. The molecule has 0 saturated carbocycles. The van der Waals surface area contributed by atoms with Crippen LogP contribution in [0.15, 0.2) is 72.3 Å². The quantitative estimate of drug-likeness (QED) is 0.394. The molecule has 180 valence electrons. The summed E-state index contributed by atoms with van der Waals surface area (Å²) in [6, 6.07) is 21.7. The number of nitrogens with zero attached hydrogens (tertiary/aromatic N) is 1. The van der Waals surface area contributed by atoms with Crippen molar-refractivity contribution in [3.05, 3.63) is 83.4 Å². The molecule has 0 spiro atoms. The highest BCUT2D eigenvalue weighted by molar-refractivity contribution is 5.70. The molecule has 1 aliphatic rings. The average Bonchev–Trinajstić information content (AvgIpc) is 2.86. The minimum absolute atomic E-state index is 0.279. The second-order valence-corrected chi connectivity index (χ2v) is 7.53. The Labute approximate surface area is 202 Å². The predicted octanol–water partition coefficient (Wildman–Crippen LogP) is 5.78. The zero-order valence-electron chi connectivity index (χ0n) is 20.3. The molecule has 1 atom stereocenters. The summed E-state index contributed by atoms with van der Waals surface area (Å²) in [6.07, 6.45) is 3.86. The number of benzene rings is 2. The lowest BCUT2D eigenvalue weighted by molar-refractivity contribution is -0.492. The molecule has 0 saturated heterocycles. The van der Waals surface area contributed by atoms with Gasteiger partial charge in [-0.05, 0) is 33.3 Å². The van der Waals surface area contributed by atoms with Crippen molar-refractivity contribution in [1.29, 1.82) is 5.26 Å². The fourth-order valence-corrected chi connectivity index (χ4v) is 4.21. The van der Waals surface area contributed by atoms with Crippen LogP contribution in [0.1, 0.15) is 38.8 Å². The molecule has 3 rings (SSSR count). The summed E-state index contributed by atoms with van der Waals surface area (Å²) in [7, 11) is 0. The molecule has 0 fully saturated rings. The van der Waals surface area contributed by atoms with E-state index in [-0.39, 0.29) is 13.2 Å². The largest absolute Gasteiger partial charge is 0.433 e. The van der Waals surface area contributed by atoms with E-state index in [0.717, 1.165) is 11.1 Å². The molecule has 0 aliphatic carbocycles. The number of ether oxygens (including phenoxy) is 5. The molecule has 6 nitrogen and oxygen atoms in total. The normalized spacial score (nSPS) is 19.1. The lowest BCUT2D eigenvalue weighted by Gasteiger charge is -2.52. The van der Waals surface area contributed by atoms with Crippen molar-refractivity contribution >= 4 is 11.8 Å². The molecular formula is C28H33NO5. The van der Waals surface area contributed by atoms with Crippen molar-refractivity contribution in [1.82, 2.24) is 0 Å². The SMILES string of the molecule is CCOC1(OCC)OC(c2ccccc2)=C(C#N)[C@H](/C=C/c2ccccc2)C1(OCC)OCC. The van der Waals surface area contributed by atoms with Gasteiger partial charge in [-0.25, -0.2) is 0 Å². The van der Waals surface area contributed by atoms with Gasteiger partial charge in [-0.15, -0.1) is 0 Å². The predicted molar refractivity (Wildman–Crippen MR) is 131 cm³/mol. The highest BCUT2D eigenvalue weighted by Crippen LogP contribution is 2.51. The zero-order valence-corrected chi connectivity index (χ0v) is 20.3. The molecule has 0 amide bonds. The molecule has 2 aromatic rings. The van der Waals surface area contributed by atoms with E-state index in [1.165, 1.54) is 0 Å². The first-order valence-electron chi connectivity index (χ1n) is 11.8. The van der Waals surface area contributed by atoms with Gasteiger partial charge in [-0.1, -0.05) is 72.8 Å². The molecule has 6 heteroatoms. The van der Waals surface area contributed by atoms with Crippen LogP contribution in [-0.4, -0.2) is 38.2 Å². The molecule has 0 aromatic heterocycles. The van der Waals surface area contributed by atoms with Gasteiger partial charge in [-0.3, -0.25) is 0 Å². The Hall–Kier alpha value is -2.95. The second-order valence-electron chi connectivity index (χ2n) is 7.53. The van der Waals surface area contributed by atoms with Crippen molar-refractivity contribution in [3.63, 3.8) is 0 Å². The molecular weight excluding hydrogens is 430 g/mol. The first kappa shape index (κ1) is 25.7. The number of hydrogen-bond donors (Lipinski definition) is 0. The fraction of sp³-hybridized carbons (Fsp3) is 0.393. The summed E-state index contributed by atoms with van der Waals surface area (Å²) in [6.45, 7) is 8.58. The molecule has 0 bridgehead atoms. The Kier molecular flexibility index (Phi) is 9.03. The monoisotopic (exact) mass is 463 g/mol. The van der Waals surface area contributed by atoms with Crippen molar-refractivity contribution in [2.75, 3.05) is 26.4 Å². The van der Waals surface area contributed by atoms with Crippen molar-refractivity contribution < 1.29 is 23.7 Å². The minimum Gasteiger partial charge on any atom is -0.433 e. The Morgan fingerprint density at radius 3 is 1.85 bits per heavy atom. The third kappa shape index (κ3) is 4.94. The van der Waals surface area contributed by atoms with E-state index in [0.29, 0.717) is 24.5 Å². The lowest BCUT2D eigenvalue weighted by Crippen LogP contribution is -2.67. The fourth-order valence-electron chi connectivity index (χ4n) is 4.21. The highest BCUT2D eigenvalue weighted by atomic mass is 16.9. The average molecular weight is 464 g/mol. The summed E-state index contributed by atoms with van der Waals surface area (Å²) in [4.78, 5) is 0. The van der Waals surface area contributed by atoms with E-state index < -0.39 is 17.7 Å². The van der Waals surface area contributed by atoms with Crippen LogP contribution in [0.4, 0.5) is 0 Å². The topological polar surface area (TPSA) is 69.9 Å². The third-order valence-electron chi connectivity index (χ3n) is 5.45. The first-order valence-corrected chi connectivity index (χ1v) is 11.8. The Morgan fingerprint density at radius 1 is 0.824 bits per heavy atom. The van der Waals surface area contributed by atoms with Crippen molar-refractivity contribution in [3.8, 4) is 6.07 Å². The lowest BCUT2D eigenvalue weighted by atomic mass is 9.83. The van der Waals surface area contributed by atoms with Crippen LogP contribution < -0.4 is 0 Å². The molecule has 0 N–H and O–H groups in total. The van der Waals surface area contributed by atoms with Crippen molar-refractivity contribution in [2.24, 2.45) is 5.92 Å². The first-order chi connectivity index (χ1) is 16.6. The Morgan fingerprint density at radius 2 is 1.35 bits per heavy atom. The van der Waals surface area contributed by atoms with E-state index >= 15 is 0 Å². The van der Waals surface area contributed by atoms with E-state index in [9.17, 15) is 5.26 Å². The van der Waals surface area contributed by atoms with Gasteiger partial charge in [0.05, 0.1) is 30.8 Å². The summed E-state index contributed by atoms with van der Waals surface area (Å²) < 4.78 is 31.5. The van der Waals surface area contributed by atoms with Gasteiger partial charge in [0, 0.05) is 18.8 Å². The zero-order chi connectivity index (χ0) is 24.4. The Bertz CT molecular complexity index is 998. The van der Waals surface area contributed by atoms with Gasteiger partial charge >= 0.3 is 5.97 Å². The van der Waals surface area contributed by atoms with E-state index in [2.05, 4.69) is 6.07 Å². The van der Waals surface area contributed by atoms with Crippen LogP contribution in [0.5, 0.6) is 0 Å². The smallest absolute Gasteiger partial charge is 0.385 e. The maximum atomic E-state index is 10.4. The number of hydrogen-bond acceptors (Lipinski definition) is 6. The van der Waals surface area contributed by atoms with Crippen LogP contribution in [-0.2, 0) is 23.7 Å². The van der Waals surface area contributed by atoms with Gasteiger partial charge in [0.25, 0.3) is 5.79 Å². The summed E-state index contributed by atoms with van der Waals surface area (Å²) >= 11 is 0. The molecule has 1 aliphatic heterocycles. The molecule has 0 unspecified atom stereocenters. The van der Waals surface area contributed by atoms with Gasteiger partial charge in [-0.2, -0.15) is 5.26 Å². The van der Waals surface area contributed by atoms with Crippen molar-refractivity contribution in [2.45, 2.75) is 39.5 Å². The Balaban J connectivity index is 2.33. The van der Waals surface area contributed by atoms with Gasteiger partial charge in [0.2, 0.25) is 0 Å². The summed E-state index contributed by atoms with van der Waals surface area (Å²) in [5, 5.41) is 10.4. The maximum absolute atomic E-state index is 10.4. The standard InChI is InChI=1S/C28H33NO5/c1-5-30-27(31-6-2)25(20-19-22-15-11-9-12-16-22)24(21-29)26(23-17-13-10-14-18-23)34-28(27,32-7-3)33-8-4/h9-20,25H,5-8H2,1-4H3/b20-19+/t25-/m0/s1. The number of nitriles is 1. The highest BCUT2D eigenvalue weighted by Gasteiger charge is 2.67. The van der Waals surface area contributed by atoms with Gasteiger partial charge in [0.15, 0.2) is 0 Å². The van der Waals surface area contributed by atoms with E-state index in [4.69, 9.17) is 23.7 Å². The van der Waals surface area contributed by atoms with E-state index in [1.54, 1.807) is 0 Å². The van der Waals surface area contributed by atoms with Crippen LogP contribution in [0, 0.1) is 17.2 Å². The third-order valence-corrected chi connectivity index (χ3v) is 5.45. The number of rotatable bonds is 11.